The molecule has 5 nitrogen and oxygen atoms in total. The number of likely N-dealkylation sites (tertiary alicyclic amines) is 1. The van der Waals surface area contributed by atoms with Crippen LogP contribution in [0.2, 0.25) is 0 Å². The zero-order valence-electron chi connectivity index (χ0n) is 10.8. The molecule has 0 aromatic rings. The molecule has 0 spiro atoms. The van der Waals surface area contributed by atoms with Crippen molar-refractivity contribution in [3.8, 4) is 0 Å². The highest BCUT2D eigenvalue weighted by Gasteiger charge is 2.47. The van der Waals surface area contributed by atoms with Gasteiger partial charge in [-0.05, 0) is 37.6 Å². The minimum absolute atomic E-state index is 0.194. The lowest BCUT2D eigenvalue weighted by atomic mass is 9.76. The highest BCUT2D eigenvalue weighted by atomic mass is 16.3. The summed E-state index contributed by atoms with van der Waals surface area (Å²) < 4.78 is 0. The number of amides is 1. The quantitative estimate of drug-likeness (QED) is 0.612. The summed E-state index contributed by atoms with van der Waals surface area (Å²) in [6.07, 6.45) is 2.84. The van der Waals surface area contributed by atoms with Gasteiger partial charge in [0, 0.05) is 32.1 Å². The molecule has 102 valence electrons. The van der Waals surface area contributed by atoms with Gasteiger partial charge < -0.3 is 21.1 Å². The Bertz CT molecular complexity index is 335. The number of hydrogen-bond donors (Lipinski definition) is 3. The van der Waals surface area contributed by atoms with Gasteiger partial charge in [-0.3, -0.25) is 4.79 Å². The molecule has 18 heavy (non-hydrogen) atoms. The average Bonchev–Trinajstić information content (AvgIpc) is 3.15. The number of nitrogens with zero attached hydrogens (tertiary/aromatic N) is 1. The lowest BCUT2D eigenvalue weighted by molar-refractivity contribution is -0.137. The summed E-state index contributed by atoms with van der Waals surface area (Å²) in [6.45, 7) is 3.67. The number of piperidine rings is 1. The molecule has 3 fully saturated rings. The fourth-order valence-corrected chi connectivity index (χ4v) is 3.35. The van der Waals surface area contributed by atoms with Gasteiger partial charge in [0.05, 0.1) is 5.60 Å². The van der Waals surface area contributed by atoms with Crippen molar-refractivity contribution in [2.45, 2.75) is 24.9 Å². The van der Waals surface area contributed by atoms with Gasteiger partial charge >= 0.3 is 0 Å². The van der Waals surface area contributed by atoms with E-state index in [1.165, 1.54) is 0 Å². The van der Waals surface area contributed by atoms with Crippen LogP contribution in [-0.4, -0.2) is 54.2 Å². The van der Waals surface area contributed by atoms with E-state index < -0.39 is 5.60 Å². The topological polar surface area (TPSA) is 78.6 Å². The molecule has 2 saturated heterocycles. The summed E-state index contributed by atoms with van der Waals surface area (Å²) in [5.74, 6) is 1.27. The zero-order valence-corrected chi connectivity index (χ0v) is 10.8. The standard InChI is InChI=1S/C13H23N3O2/c14-6-9-5-11(9)12(17)16-3-1-10(2-4-16)13(18)7-15-8-13/h9-11,15,18H,1-8,14H2/t9-,11-/m0/s1. The van der Waals surface area contributed by atoms with Crippen LogP contribution in [0.5, 0.6) is 0 Å². The van der Waals surface area contributed by atoms with Crippen LogP contribution in [0, 0.1) is 17.8 Å². The average molecular weight is 253 g/mol. The molecule has 0 aromatic carbocycles. The van der Waals surface area contributed by atoms with E-state index in [9.17, 15) is 9.90 Å². The smallest absolute Gasteiger partial charge is 0.226 e. The molecule has 1 saturated carbocycles. The summed E-state index contributed by atoms with van der Waals surface area (Å²) in [5, 5.41) is 13.4. The van der Waals surface area contributed by atoms with Crippen LogP contribution in [-0.2, 0) is 4.79 Å². The van der Waals surface area contributed by atoms with Crippen molar-refractivity contribution in [1.82, 2.24) is 10.2 Å². The Morgan fingerprint density at radius 3 is 2.50 bits per heavy atom. The Kier molecular flexibility index (Phi) is 3.08. The van der Waals surface area contributed by atoms with Gasteiger partial charge in [-0.1, -0.05) is 0 Å². The van der Waals surface area contributed by atoms with Crippen molar-refractivity contribution in [3.63, 3.8) is 0 Å². The molecule has 5 heteroatoms. The molecule has 0 unspecified atom stereocenters. The third-order valence-corrected chi connectivity index (χ3v) is 4.97. The van der Waals surface area contributed by atoms with Gasteiger partial charge in [-0.15, -0.1) is 0 Å². The van der Waals surface area contributed by atoms with Crippen molar-refractivity contribution >= 4 is 5.91 Å². The minimum Gasteiger partial charge on any atom is -0.387 e. The molecule has 2 aliphatic heterocycles. The molecule has 3 aliphatic rings. The monoisotopic (exact) mass is 253 g/mol. The number of aliphatic hydroxyl groups is 1. The Morgan fingerprint density at radius 2 is 2.06 bits per heavy atom. The number of β-amino-alcohol motifs (C(OH)–C–C–N with tert-alkyl or cyclic N) is 1. The van der Waals surface area contributed by atoms with E-state index in [1.807, 2.05) is 4.90 Å². The fraction of sp³-hybridized carbons (Fsp3) is 0.923. The first-order valence-electron chi connectivity index (χ1n) is 7.06. The van der Waals surface area contributed by atoms with E-state index in [4.69, 9.17) is 5.73 Å². The van der Waals surface area contributed by atoms with Crippen molar-refractivity contribution in [2.75, 3.05) is 32.7 Å². The minimum atomic E-state index is -0.505. The molecule has 0 radical (unpaired) electrons. The van der Waals surface area contributed by atoms with Crippen molar-refractivity contribution in [2.24, 2.45) is 23.5 Å². The van der Waals surface area contributed by atoms with Crippen LogP contribution in [0.15, 0.2) is 0 Å². The van der Waals surface area contributed by atoms with Crippen LogP contribution in [0.3, 0.4) is 0 Å². The summed E-state index contributed by atoms with van der Waals surface area (Å²) in [5.41, 5.74) is 5.08. The van der Waals surface area contributed by atoms with Crippen LogP contribution >= 0.6 is 0 Å². The maximum absolute atomic E-state index is 12.2. The summed E-state index contributed by atoms with van der Waals surface area (Å²) in [7, 11) is 0. The Balaban J connectivity index is 1.49. The normalized spacial score (nSPS) is 35.1. The third kappa shape index (κ3) is 2.04. The van der Waals surface area contributed by atoms with E-state index in [0.717, 1.165) is 32.4 Å². The highest BCUT2D eigenvalue weighted by molar-refractivity contribution is 5.81. The Morgan fingerprint density at radius 1 is 1.39 bits per heavy atom. The van der Waals surface area contributed by atoms with E-state index in [1.54, 1.807) is 0 Å². The number of nitrogens with one attached hydrogen (secondary N) is 1. The number of carbonyl (C=O) groups is 1. The second kappa shape index (κ2) is 4.47. The second-order valence-electron chi connectivity index (χ2n) is 6.14. The molecule has 4 N–H and O–H groups in total. The van der Waals surface area contributed by atoms with Crippen molar-refractivity contribution in [1.29, 1.82) is 0 Å². The SMILES string of the molecule is NC[C@@H]1C[C@@H]1C(=O)N1CCC(C2(O)CNC2)CC1. The first kappa shape index (κ1) is 12.4. The number of carbonyl (C=O) groups excluding carboxylic acids is 1. The van der Waals surface area contributed by atoms with Gasteiger partial charge in [0.1, 0.15) is 0 Å². The third-order valence-electron chi connectivity index (χ3n) is 4.97. The van der Waals surface area contributed by atoms with Gasteiger partial charge in [-0.2, -0.15) is 0 Å². The fourth-order valence-electron chi connectivity index (χ4n) is 3.35. The van der Waals surface area contributed by atoms with Crippen LogP contribution in [0.25, 0.3) is 0 Å². The van der Waals surface area contributed by atoms with E-state index in [-0.39, 0.29) is 5.92 Å². The lowest BCUT2D eigenvalue weighted by Gasteiger charge is -2.47. The maximum Gasteiger partial charge on any atom is 0.226 e. The summed E-state index contributed by atoms with van der Waals surface area (Å²) in [6, 6.07) is 0. The molecule has 0 bridgehead atoms. The van der Waals surface area contributed by atoms with Crippen LogP contribution < -0.4 is 11.1 Å². The first-order valence-corrected chi connectivity index (χ1v) is 7.06. The molecule has 1 amide bonds. The van der Waals surface area contributed by atoms with Gasteiger partial charge in [0.25, 0.3) is 0 Å². The number of rotatable bonds is 3. The second-order valence-corrected chi connectivity index (χ2v) is 6.14. The maximum atomic E-state index is 12.2. The van der Waals surface area contributed by atoms with Gasteiger partial charge in [0.2, 0.25) is 5.91 Å². The van der Waals surface area contributed by atoms with E-state index in [0.29, 0.717) is 37.4 Å². The summed E-state index contributed by atoms with van der Waals surface area (Å²) in [4.78, 5) is 14.1. The van der Waals surface area contributed by atoms with Gasteiger partial charge in [0.15, 0.2) is 0 Å². The molecule has 2 heterocycles. The van der Waals surface area contributed by atoms with E-state index >= 15 is 0 Å². The zero-order chi connectivity index (χ0) is 12.8. The largest absolute Gasteiger partial charge is 0.387 e. The molecule has 2 atom stereocenters. The molecule has 0 aromatic heterocycles. The number of nitrogens with two attached hydrogens (primary N) is 1. The number of hydrogen-bond acceptors (Lipinski definition) is 4. The van der Waals surface area contributed by atoms with Crippen LogP contribution in [0.1, 0.15) is 19.3 Å². The molecular weight excluding hydrogens is 230 g/mol. The highest BCUT2D eigenvalue weighted by Crippen LogP contribution is 2.40. The molecular formula is C13H23N3O2. The van der Waals surface area contributed by atoms with E-state index in [2.05, 4.69) is 5.32 Å². The van der Waals surface area contributed by atoms with Crippen LogP contribution in [0.4, 0.5) is 0 Å². The predicted molar refractivity (Wildman–Crippen MR) is 67.8 cm³/mol. The van der Waals surface area contributed by atoms with Crippen molar-refractivity contribution < 1.29 is 9.90 Å². The van der Waals surface area contributed by atoms with Gasteiger partial charge in [-0.25, -0.2) is 0 Å². The first-order chi connectivity index (χ1) is 8.64. The molecule has 3 rings (SSSR count). The Hall–Kier alpha value is -0.650. The summed E-state index contributed by atoms with van der Waals surface area (Å²) >= 11 is 0. The Labute approximate surface area is 108 Å². The lowest BCUT2D eigenvalue weighted by Crippen LogP contribution is -2.65. The predicted octanol–water partition coefficient (Wildman–Crippen LogP) is -0.846. The molecule has 1 aliphatic carbocycles. The van der Waals surface area contributed by atoms with Crippen molar-refractivity contribution in [3.05, 3.63) is 0 Å².